The first-order valence-electron chi connectivity index (χ1n) is 7.95. The molecule has 0 bridgehead atoms. The Morgan fingerprint density at radius 1 is 1.42 bits per heavy atom. The van der Waals surface area contributed by atoms with E-state index < -0.39 is 9.84 Å². The van der Waals surface area contributed by atoms with Gasteiger partial charge in [-0.15, -0.1) is 0 Å². The van der Waals surface area contributed by atoms with Crippen LogP contribution >= 0.6 is 0 Å². The van der Waals surface area contributed by atoms with E-state index in [1.165, 1.54) is 6.20 Å². The van der Waals surface area contributed by atoms with Crippen LogP contribution in [0.25, 0.3) is 0 Å². The van der Waals surface area contributed by atoms with Crippen molar-refractivity contribution in [2.45, 2.75) is 43.2 Å². The molecule has 0 spiro atoms. The topological polar surface area (TPSA) is 101 Å². The molecule has 0 radical (unpaired) electrons. The fourth-order valence-corrected chi connectivity index (χ4v) is 3.96. The number of carbonyl (C=O) groups excluding carboxylic acids is 1. The van der Waals surface area contributed by atoms with Crippen molar-refractivity contribution >= 4 is 15.7 Å². The molecule has 0 unspecified atom stereocenters. The van der Waals surface area contributed by atoms with Gasteiger partial charge in [-0.3, -0.25) is 9.89 Å². The van der Waals surface area contributed by atoms with Crippen molar-refractivity contribution in [3.8, 4) is 0 Å². The number of aromatic nitrogens is 4. The number of aryl methyl sites for hydroxylation is 1. The molecule has 8 nitrogen and oxygen atoms in total. The number of hydrogen-bond acceptors (Lipinski definition) is 5. The average molecular weight is 351 g/mol. The van der Waals surface area contributed by atoms with Crippen LogP contribution in [-0.4, -0.2) is 51.8 Å². The minimum atomic E-state index is -3.38. The smallest absolute Gasteiger partial charge is 0.224 e. The normalized spacial score (nSPS) is 18.7. The van der Waals surface area contributed by atoms with E-state index >= 15 is 0 Å². The zero-order valence-electron chi connectivity index (χ0n) is 13.6. The van der Waals surface area contributed by atoms with Gasteiger partial charge in [0.25, 0.3) is 0 Å². The largest absolute Gasteiger partial charge is 0.337 e. The van der Waals surface area contributed by atoms with Crippen LogP contribution in [0, 0.1) is 0 Å². The lowest BCUT2D eigenvalue weighted by molar-refractivity contribution is -0.135. The van der Waals surface area contributed by atoms with Crippen LogP contribution in [0.3, 0.4) is 0 Å². The van der Waals surface area contributed by atoms with Gasteiger partial charge in [-0.1, -0.05) is 0 Å². The van der Waals surface area contributed by atoms with Crippen LogP contribution in [0.1, 0.15) is 37.4 Å². The van der Waals surface area contributed by atoms with Crippen LogP contribution in [0.4, 0.5) is 0 Å². The number of likely N-dealkylation sites (tertiary alicyclic amines) is 1. The number of nitrogens with one attached hydrogen (secondary N) is 1. The number of rotatable bonds is 5. The summed E-state index contributed by atoms with van der Waals surface area (Å²) < 4.78 is 25.7. The van der Waals surface area contributed by atoms with E-state index in [0.717, 1.165) is 25.5 Å². The van der Waals surface area contributed by atoms with E-state index in [0.29, 0.717) is 25.2 Å². The molecule has 0 saturated carbocycles. The van der Waals surface area contributed by atoms with Crippen LogP contribution in [0.2, 0.25) is 0 Å². The van der Waals surface area contributed by atoms with E-state index in [9.17, 15) is 13.2 Å². The van der Waals surface area contributed by atoms with Crippen molar-refractivity contribution in [2.24, 2.45) is 0 Å². The number of nitrogens with zero attached hydrogens (tertiary/aromatic N) is 4. The fourth-order valence-electron chi connectivity index (χ4n) is 3.14. The molecule has 1 amide bonds. The molecule has 130 valence electrons. The molecule has 3 heterocycles. The predicted octanol–water partition coefficient (Wildman–Crippen LogP) is 1.15. The van der Waals surface area contributed by atoms with Crippen molar-refractivity contribution in [3.05, 3.63) is 30.6 Å². The Hall–Kier alpha value is -2.16. The quantitative estimate of drug-likeness (QED) is 0.871. The lowest BCUT2D eigenvalue weighted by Crippen LogP contribution is -2.39. The zero-order valence-corrected chi connectivity index (χ0v) is 14.4. The zero-order chi connectivity index (χ0) is 17.2. The molecule has 0 aromatic carbocycles. The highest BCUT2D eigenvalue weighted by atomic mass is 32.2. The predicted molar refractivity (Wildman–Crippen MR) is 86.8 cm³/mol. The molecule has 1 fully saturated rings. The maximum Gasteiger partial charge on any atom is 0.224 e. The summed E-state index contributed by atoms with van der Waals surface area (Å²) in [5.74, 6) is 0.0162. The molecular formula is C15H21N5O3S. The molecule has 2 aromatic heterocycles. The van der Waals surface area contributed by atoms with Gasteiger partial charge in [0.1, 0.15) is 4.90 Å². The van der Waals surface area contributed by atoms with Crippen LogP contribution in [0.15, 0.2) is 29.8 Å². The average Bonchev–Trinajstić information content (AvgIpc) is 3.23. The first kappa shape index (κ1) is 16.7. The monoisotopic (exact) mass is 351 g/mol. The molecule has 2 aromatic rings. The minimum absolute atomic E-state index is 0.0162. The lowest BCUT2D eigenvalue weighted by atomic mass is 9.99. The first-order chi connectivity index (χ1) is 11.5. The highest BCUT2D eigenvalue weighted by Crippen LogP contribution is 2.33. The molecule has 1 aliphatic rings. The van der Waals surface area contributed by atoms with E-state index in [-0.39, 0.29) is 16.8 Å². The first-order valence-corrected chi connectivity index (χ1v) is 9.84. The number of amides is 1. The maximum atomic E-state index is 12.7. The lowest BCUT2D eigenvalue weighted by Gasteiger charge is -2.35. The van der Waals surface area contributed by atoms with E-state index in [1.807, 2.05) is 10.8 Å². The number of hydrogen-bond donors (Lipinski definition) is 1. The second kappa shape index (κ2) is 6.76. The Balaban J connectivity index is 1.78. The molecular weight excluding hydrogens is 330 g/mol. The standard InChI is InChI=1S/C15H21N5O3S/c1-24(22,23)13-10-17-18-15(13)12-4-2-3-7-20(12)14(21)5-8-19-9-6-16-11-19/h6,9-12H,2-5,7-8H2,1H3,(H,17,18)/t12-/m0/s1. The number of aromatic amines is 1. The fraction of sp³-hybridized carbons (Fsp3) is 0.533. The third kappa shape index (κ3) is 3.50. The molecule has 3 rings (SSSR count). The molecule has 24 heavy (non-hydrogen) atoms. The summed E-state index contributed by atoms with van der Waals surface area (Å²) in [6.07, 6.45) is 10.6. The van der Waals surface area contributed by atoms with E-state index in [2.05, 4.69) is 15.2 Å². The van der Waals surface area contributed by atoms with Crippen molar-refractivity contribution < 1.29 is 13.2 Å². The maximum absolute atomic E-state index is 12.7. The third-order valence-corrected chi connectivity index (χ3v) is 5.46. The second-order valence-corrected chi connectivity index (χ2v) is 8.05. The Bertz CT molecular complexity index is 797. The van der Waals surface area contributed by atoms with E-state index in [1.54, 1.807) is 17.4 Å². The van der Waals surface area contributed by atoms with Gasteiger partial charge in [-0.2, -0.15) is 5.10 Å². The Kier molecular flexibility index (Phi) is 4.70. The van der Waals surface area contributed by atoms with Gasteiger partial charge in [0.05, 0.1) is 24.3 Å². The summed E-state index contributed by atoms with van der Waals surface area (Å²) in [4.78, 5) is 18.6. The van der Waals surface area contributed by atoms with Crippen molar-refractivity contribution in [1.29, 1.82) is 0 Å². The van der Waals surface area contributed by atoms with Gasteiger partial charge in [0, 0.05) is 38.2 Å². The van der Waals surface area contributed by atoms with E-state index in [4.69, 9.17) is 0 Å². The van der Waals surface area contributed by atoms with Gasteiger partial charge in [0.2, 0.25) is 5.91 Å². The SMILES string of the molecule is CS(=O)(=O)c1cn[nH]c1[C@@H]1CCCCN1C(=O)CCn1ccnc1. The van der Waals surface area contributed by atoms with Crippen molar-refractivity contribution in [1.82, 2.24) is 24.6 Å². The molecule has 1 saturated heterocycles. The molecule has 1 aliphatic heterocycles. The molecule has 0 aliphatic carbocycles. The van der Waals surface area contributed by atoms with Crippen LogP contribution in [-0.2, 0) is 21.2 Å². The molecule has 9 heteroatoms. The minimum Gasteiger partial charge on any atom is -0.337 e. The second-order valence-electron chi connectivity index (χ2n) is 6.07. The summed E-state index contributed by atoms with van der Waals surface area (Å²) in [6, 6.07) is -0.263. The van der Waals surface area contributed by atoms with Gasteiger partial charge in [0.15, 0.2) is 9.84 Å². The van der Waals surface area contributed by atoms with Crippen molar-refractivity contribution in [2.75, 3.05) is 12.8 Å². The van der Waals surface area contributed by atoms with Crippen LogP contribution in [0.5, 0.6) is 0 Å². The highest BCUT2D eigenvalue weighted by molar-refractivity contribution is 7.90. The number of piperidine rings is 1. The van der Waals surface area contributed by atoms with Crippen LogP contribution < -0.4 is 0 Å². The van der Waals surface area contributed by atoms with Gasteiger partial charge in [-0.05, 0) is 19.3 Å². The number of carbonyl (C=O) groups is 1. The van der Waals surface area contributed by atoms with Gasteiger partial charge >= 0.3 is 0 Å². The summed E-state index contributed by atoms with van der Waals surface area (Å²) in [5.41, 5.74) is 0.521. The Labute approximate surface area is 140 Å². The van der Waals surface area contributed by atoms with Gasteiger partial charge < -0.3 is 9.47 Å². The number of imidazole rings is 1. The number of H-pyrrole nitrogens is 1. The molecule has 1 atom stereocenters. The summed E-state index contributed by atoms with van der Waals surface area (Å²) in [6.45, 7) is 1.19. The summed E-state index contributed by atoms with van der Waals surface area (Å²) >= 11 is 0. The Morgan fingerprint density at radius 2 is 2.25 bits per heavy atom. The molecule has 1 N–H and O–H groups in total. The van der Waals surface area contributed by atoms with Gasteiger partial charge in [-0.25, -0.2) is 13.4 Å². The summed E-state index contributed by atoms with van der Waals surface area (Å²) in [7, 11) is -3.38. The highest BCUT2D eigenvalue weighted by Gasteiger charge is 2.32. The Morgan fingerprint density at radius 3 is 2.96 bits per heavy atom. The van der Waals surface area contributed by atoms with Crippen molar-refractivity contribution in [3.63, 3.8) is 0 Å². The number of sulfone groups is 1. The summed E-state index contributed by atoms with van der Waals surface area (Å²) in [5, 5.41) is 6.69. The third-order valence-electron chi connectivity index (χ3n) is 4.33.